The summed E-state index contributed by atoms with van der Waals surface area (Å²) in [6.07, 6.45) is 6.78. The van der Waals surface area contributed by atoms with E-state index in [2.05, 4.69) is 17.3 Å². The topological polar surface area (TPSA) is 99.3 Å². The van der Waals surface area contributed by atoms with E-state index in [9.17, 15) is 14.9 Å². The quantitative estimate of drug-likeness (QED) is 0.583. The SMILES string of the molecule is C[C@@H](NC(=O)c1ccn(COc2ccccc2[N+](=O)[O-])n1)[C@H]1C[C@H]2CC[C@H]1C2. The first kappa shape index (κ1) is 18.5. The summed E-state index contributed by atoms with van der Waals surface area (Å²) in [6.45, 7) is 2.07. The summed E-state index contributed by atoms with van der Waals surface area (Å²) in [5.74, 6) is 2.12. The summed E-state index contributed by atoms with van der Waals surface area (Å²) in [5, 5.41) is 18.4. The van der Waals surface area contributed by atoms with Crippen LogP contribution in [0.25, 0.3) is 0 Å². The number of carbonyl (C=O) groups is 1. The van der Waals surface area contributed by atoms with Crippen LogP contribution < -0.4 is 10.1 Å². The first-order chi connectivity index (χ1) is 13.5. The van der Waals surface area contributed by atoms with Crippen molar-refractivity contribution in [2.24, 2.45) is 17.8 Å². The zero-order chi connectivity index (χ0) is 19.7. The van der Waals surface area contributed by atoms with E-state index in [1.807, 2.05) is 0 Å². The third-order valence-corrected chi connectivity index (χ3v) is 6.08. The number of aromatic nitrogens is 2. The van der Waals surface area contributed by atoms with Gasteiger partial charge in [0.2, 0.25) is 0 Å². The number of benzene rings is 1. The number of rotatable bonds is 7. The Morgan fingerprint density at radius 2 is 2.18 bits per heavy atom. The highest BCUT2D eigenvalue weighted by molar-refractivity contribution is 5.92. The molecule has 1 aromatic heterocycles. The second-order valence-corrected chi connectivity index (χ2v) is 7.84. The van der Waals surface area contributed by atoms with Gasteiger partial charge in [-0.3, -0.25) is 14.9 Å². The Morgan fingerprint density at radius 3 is 2.89 bits per heavy atom. The molecule has 2 aliphatic rings. The van der Waals surface area contributed by atoms with Crippen LogP contribution in [0, 0.1) is 27.9 Å². The maximum absolute atomic E-state index is 12.5. The molecule has 2 bridgehead atoms. The van der Waals surface area contributed by atoms with Gasteiger partial charge in [0.05, 0.1) is 4.92 Å². The minimum absolute atomic E-state index is 0.0138. The van der Waals surface area contributed by atoms with Gasteiger partial charge in [0.1, 0.15) is 5.69 Å². The van der Waals surface area contributed by atoms with Crippen LogP contribution in [0.1, 0.15) is 43.1 Å². The third kappa shape index (κ3) is 3.72. The van der Waals surface area contributed by atoms with Crippen molar-refractivity contribution < 1.29 is 14.5 Å². The number of nitrogens with one attached hydrogen (secondary N) is 1. The fraction of sp³-hybridized carbons (Fsp3) is 0.500. The molecular weight excluding hydrogens is 360 g/mol. The molecule has 1 amide bonds. The van der Waals surface area contributed by atoms with Gasteiger partial charge in [-0.1, -0.05) is 18.6 Å². The summed E-state index contributed by atoms with van der Waals surface area (Å²) < 4.78 is 6.95. The largest absolute Gasteiger partial charge is 0.464 e. The van der Waals surface area contributed by atoms with E-state index < -0.39 is 4.92 Å². The van der Waals surface area contributed by atoms with Gasteiger partial charge in [-0.2, -0.15) is 5.10 Å². The Balaban J connectivity index is 1.34. The van der Waals surface area contributed by atoms with Gasteiger partial charge < -0.3 is 10.1 Å². The van der Waals surface area contributed by atoms with Gasteiger partial charge in [-0.25, -0.2) is 4.68 Å². The van der Waals surface area contributed by atoms with Gasteiger partial charge >= 0.3 is 5.69 Å². The molecule has 0 aliphatic heterocycles. The van der Waals surface area contributed by atoms with Gasteiger partial charge in [0, 0.05) is 18.3 Å². The molecule has 0 radical (unpaired) electrons. The number of ether oxygens (including phenoxy) is 1. The molecule has 1 heterocycles. The highest BCUT2D eigenvalue weighted by atomic mass is 16.6. The number of amides is 1. The zero-order valence-corrected chi connectivity index (χ0v) is 15.8. The second-order valence-electron chi connectivity index (χ2n) is 7.84. The number of nitrogens with zero attached hydrogens (tertiary/aromatic N) is 3. The Bertz CT molecular complexity index is 881. The number of para-hydroxylation sites is 2. The predicted octanol–water partition coefficient (Wildman–Crippen LogP) is 3.38. The van der Waals surface area contributed by atoms with Gasteiger partial charge in [0.15, 0.2) is 12.5 Å². The molecule has 1 aromatic carbocycles. The molecule has 2 aliphatic carbocycles. The molecule has 1 N–H and O–H groups in total. The van der Waals surface area contributed by atoms with Crippen molar-refractivity contribution in [3.8, 4) is 5.75 Å². The van der Waals surface area contributed by atoms with Crippen molar-refractivity contribution in [2.75, 3.05) is 0 Å². The summed E-state index contributed by atoms with van der Waals surface area (Å²) in [5.41, 5.74) is 0.216. The van der Waals surface area contributed by atoms with Crippen LogP contribution in [0.4, 0.5) is 5.69 Å². The summed E-state index contributed by atoms with van der Waals surface area (Å²) in [7, 11) is 0. The van der Waals surface area contributed by atoms with Crippen molar-refractivity contribution in [3.05, 3.63) is 52.3 Å². The monoisotopic (exact) mass is 384 g/mol. The Labute approximate surface area is 163 Å². The van der Waals surface area contributed by atoms with Crippen LogP contribution in [0.2, 0.25) is 0 Å². The van der Waals surface area contributed by atoms with Gasteiger partial charge in [-0.05, 0) is 56.1 Å². The molecule has 2 aromatic rings. The number of nitro benzene ring substituents is 1. The normalized spacial score (nSPS) is 24.1. The van der Waals surface area contributed by atoms with Crippen LogP contribution in [0.5, 0.6) is 5.75 Å². The average molecular weight is 384 g/mol. The molecule has 28 heavy (non-hydrogen) atoms. The predicted molar refractivity (Wildman–Crippen MR) is 102 cm³/mol. The summed E-state index contributed by atoms with van der Waals surface area (Å²) in [4.78, 5) is 23.1. The first-order valence-corrected chi connectivity index (χ1v) is 9.72. The lowest BCUT2D eigenvalue weighted by atomic mass is 9.84. The number of hydrogen-bond donors (Lipinski definition) is 1. The molecule has 0 spiro atoms. The van der Waals surface area contributed by atoms with Crippen LogP contribution >= 0.6 is 0 Å². The van der Waals surface area contributed by atoms with Gasteiger partial charge in [-0.15, -0.1) is 0 Å². The van der Waals surface area contributed by atoms with Crippen molar-refractivity contribution in [1.82, 2.24) is 15.1 Å². The smallest absolute Gasteiger partial charge is 0.311 e. The minimum atomic E-state index is -0.492. The van der Waals surface area contributed by atoms with Crippen LogP contribution in [0.3, 0.4) is 0 Å². The Kier molecular flexibility index (Phi) is 5.02. The van der Waals surface area contributed by atoms with Crippen LogP contribution in [-0.4, -0.2) is 26.7 Å². The summed E-state index contributed by atoms with van der Waals surface area (Å²) in [6, 6.07) is 7.93. The highest BCUT2D eigenvalue weighted by Crippen LogP contribution is 2.49. The molecule has 4 rings (SSSR count). The molecule has 8 heteroatoms. The molecule has 0 saturated heterocycles. The first-order valence-electron chi connectivity index (χ1n) is 9.72. The van der Waals surface area contributed by atoms with E-state index >= 15 is 0 Å². The van der Waals surface area contributed by atoms with E-state index in [1.54, 1.807) is 24.4 Å². The van der Waals surface area contributed by atoms with Crippen molar-refractivity contribution in [1.29, 1.82) is 0 Å². The maximum Gasteiger partial charge on any atom is 0.311 e. The summed E-state index contributed by atoms with van der Waals surface area (Å²) >= 11 is 0. The molecule has 2 saturated carbocycles. The van der Waals surface area contributed by atoms with Gasteiger partial charge in [0.25, 0.3) is 5.91 Å². The van der Waals surface area contributed by atoms with E-state index in [1.165, 1.54) is 42.5 Å². The molecule has 4 atom stereocenters. The minimum Gasteiger partial charge on any atom is -0.464 e. The second kappa shape index (κ2) is 7.61. The fourth-order valence-electron chi connectivity index (χ4n) is 4.71. The number of hydrogen-bond acceptors (Lipinski definition) is 5. The van der Waals surface area contributed by atoms with E-state index in [0.717, 1.165) is 11.8 Å². The van der Waals surface area contributed by atoms with Crippen LogP contribution in [0.15, 0.2) is 36.5 Å². The van der Waals surface area contributed by atoms with Crippen molar-refractivity contribution in [3.63, 3.8) is 0 Å². The zero-order valence-electron chi connectivity index (χ0n) is 15.8. The molecule has 148 valence electrons. The highest BCUT2D eigenvalue weighted by Gasteiger charge is 2.42. The van der Waals surface area contributed by atoms with E-state index in [0.29, 0.717) is 11.6 Å². The van der Waals surface area contributed by atoms with Crippen molar-refractivity contribution >= 4 is 11.6 Å². The lowest BCUT2D eigenvalue weighted by Crippen LogP contribution is -2.40. The number of carbonyl (C=O) groups excluding carboxylic acids is 1. The van der Waals surface area contributed by atoms with Crippen molar-refractivity contribution in [2.45, 2.75) is 45.4 Å². The standard InChI is InChI=1S/C20H24N4O4/c1-13(16-11-14-6-7-15(16)10-14)21-20(25)17-8-9-23(22-17)12-28-19-5-3-2-4-18(19)24(26)27/h2-5,8-9,13-16H,6-7,10-12H2,1H3,(H,21,25)/t13-,14+,15+,16-/m1/s1. The molecule has 2 fully saturated rings. The lowest BCUT2D eigenvalue weighted by molar-refractivity contribution is -0.386. The van der Waals surface area contributed by atoms with Crippen LogP contribution in [-0.2, 0) is 6.73 Å². The lowest BCUT2D eigenvalue weighted by Gasteiger charge is -2.28. The maximum atomic E-state index is 12.5. The molecule has 8 nitrogen and oxygen atoms in total. The molecular formula is C20H24N4O4. The van der Waals surface area contributed by atoms with E-state index in [4.69, 9.17) is 4.74 Å². The molecule has 0 unspecified atom stereocenters. The Morgan fingerprint density at radius 1 is 1.36 bits per heavy atom. The number of nitro groups is 1. The van der Waals surface area contributed by atoms with E-state index in [-0.39, 0.29) is 30.1 Å². The Hall–Kier alpha value is -2.90. The average Bonchev–Trinajstić information content (AvgIpc) is 3.43. The number of fused-ring (bicyclic) bond motifs is 2. The third-order valence-electron chi connectivity index (χ3n) is 6.08. The fourth-order valence-corrected chi connectivity index (χ4v) is 4.71.